The maximum Gasteiger partial charge on any atom is 2.00 e. The van der Waals surface area contributed by atoms with Crippen molar-refractivity contribution in [3.63, 3.8) is 0 Å². The van der Waals surface area contributed by atoms with Gasteiger partial charge < -0.3 is 45.2 Å². The average Bonchev–Trinajstić information content (AvgIpc) is 1.54. The average molecular weight is 749 g/mol. The quantitative estimate of drug-likeness (QED) is 0.215. The van der Waals surface area contributed by atoms with Crippen LogP contribution < -0.4 is 74.8 Å². The molecule has 0 saturated carbocycles. The molecule has 17 heavy (non-hydrogen) atoms. The van der Waals surface area contributed by atoms with Crippen molar-refractivity contribution in [3.05, 3.63) is 0 Å². The van der Waals surface area contributed by atoms with Gasteiger partial charge in [0, 0.05) is 0 Å². The molecule has 0 atom stereocenters. The summed E-state index contributed by atoms with van der Waals surface area (Å²) in [5.74, 6) is 0. The van der Waals surface area contributed by atoms with Crippen LogP contribution in [0.4, 0.5) is 0 Å². The predicted molar refractivity (Wildman–Crippen MR) is 40.3 cm³/mol. The van der Waals surface area contributed by atoms with Gasteiger partial charge in [-0.05, 0) is 0 Å². The second kappa shape index (κ2) is 43.5. The van der Waals surface area contributed by atoms with Crippen molar-refractivity contribution < 1.29 is 74.8 Å². The van der Waals surface area contributed by atoms with E-state index in [1.54, 1.807) is 0 Å². The fourth-order valence-electron chi connectivity index (χ4n) is 0. The van der Waals surface area contributed by atoms with E-state index < -0.39 is 22.0 Å². The summed E-state index contributed by atoms with van der Waals surface area (Å²) in [4.78, 5) is 0. The molecular formula is B3Ba4NaO9. The van der Waals surface area contributed by atoms with Gasteiger partial charge in [0.05, 0.1) is 0 Å². The van der Waals surface area contributed by atoms with Crippen LogP contribution in [0.5, 0.6) is 0 Å². The van der Waals surface area contributed by atoms with Gasteiger partial charge in [0.1, 0.15) is 0 Å². The van der Waals surface area contributed by atoms with E-state index in [1.807, 2.05) is 0 Å². The summed E-state index contributed by atoms with van der Waals surface area (Å²) in [5, 5.41) is 75.8. The molecule has 0 aliphatic rings. The molecule has 0 spiro atoms. The van der Waals surface area contributed by atoms with E-state index in [0.717, 1.165) is 0 Å². The fourth-order valence-corrected chi connectivity index (χ4v) is 0. The van der Waals surface area contributed by atoms with E-state index in [9.17, 15) is 0 Å². The summed E-state index contributed by atoms with van der Waals surface area (Å²) >= 11 is 0. The summed E-state index contributed by atoms with van der Waals surface area (Å²) < 4.78 is 0. The third-order valence-electron chi connectivity index (χ3n) is 0. The summed E-state index contributed by atoms with van der Waals surface area (Å²) in [6, 6.07) is 0. The van der Waals surface area contributed by atoms with Crippen LogP contribution in [0, 0.1) is 0 Å². The Morgan fingerprint density at radius 1 is 0.353 bits per heavy atom. The van der Waals surface area contributed by atoms with Crippen molar-refractivity contribution in [1.29, 1.82) is 0 Å². The summed E-state index contributed by atoms with van der Waals surface area (Å²) in [5.41, 5.74) is 0. The van der Waals surface area contributed by atoms with E-state index in [-0.39, 0.29) is 225 Å². The van der Waals surface area contributed by atoms with Crippen LogP contribution in [-0.4, -0.2) is 217 Å². The Hall–Kier alpha value is 7.12. The first-order valence-corrected chi connectivity index (χ1v) is 2.12. The number of hydrogen-bond acceptors (Lipinski definition) is 9. The minimum absolute atomic E-state index is 0. The van der Waals surface area contributed by atoms with Gasteiger partial charge in [-0.3, -0.25) is 22.0 Å². The molecule has 0 aromatic carbocycles. The first-order valence-electron chi connectivity index (χ1n) is 2.12. The molecule has 9 nitrogen and oxygen atoms in total. The van der Waals surface area contributed by atoms with Crippen LogP contribution in [0.3, 0.4) is 0 Å². The first-order chi connectivity index (χ1) is 5.20. The Bertz CT molecular complexity index is 56.7. The fraction of sp³-hybridized carbons (Fsp3) is 0. The van der Waals surface area contributed by atoms with E-state index in [1.165, 1.54) is 0 Å². The van der Waals surface area contributed by atoms with Crippen molar-refractivity contribution in [3.8, 4) is 0 Å². The van der Waals surface area contributed by atoms with Crippen LogP contribution in [0.25, 0.3) is 0 Å². The van der Waals surface area contributed by atoms with E-state index in [2.05, 4.69) is 0 Å². The van der Waals surface area contributed by atoms with Gasteiger partial charge >= 0.3 is 225 Å². The molecule has 0 saturated heterocycles. The number of hydrogen-bond donors (Lipinski definition) is 0. The second-order valence-electron chi connectivity index (χ2n) is 0.866. The molecule has 0 N–H and O–H groups in total. The third-order valence-corrected chi connectivity index (χ3v) is 0. The molecule has 0 aliphatic carbocycles. The monoisotopic (exact) mass is 752 g/mol. The maximum atomic E-state index is 8.42. The van der Waals surface area contributed by atoms with Crippen molar-refractivity contribution in [2.45, 2.75) is 0 Å². The first kappa shape index (κ1) is 49.6. The van der Waals surface area contributed by atoms with Gasteiger partial charge in [-0.2, -0.15) is 0 Å². The predicted octanol–water partition coefficient (Wildman–Crippen LogP) is -16.4. The zero-order chi connectivity index (χ0) is 10.7. The van der Waals surface area contributed by atoms with E-state index >= 15 is 0 Å². The van der Waals surface area contributed by atoms with Crippen LogP contribution >= 0.6 is 0 Å². The maximum absolute atomic E-state index is 8.42. The molecule has 0 radical (unpaired) electrons. The van der Waals surface area contributed by atoms with Crippen LogP contribution in [0.2, 0.25) is 0 Å². The normalized spacial score (nSPS) is 4.76. The molecule has 0 amide bonds. The summed E-state index contributed by atoms with van der Waals surface area (Å²) in [6.45, 7) is 0. The molecule has 17 heteroatoms. The van der Waals surface area contributed by atoms with Crippen LogP contribution in [0.15, 0.2) is 0 Å². The second-order valence-corrected chi connectivity index (χ2v) is 0.866. The number of rotatable bonds is 0. The van der Waals surface area contributed by atoms with Crippen molar-refractivity contribution in [2.75, 3.05) is 0 Å². The molecule has 0 aromatic heterocycles. The minimum atomic E-state index is -2.92. The Morgan fingerprint density at radius 3 is 0.353 bits per heavy atom. The molecular weight excluding hydrogens is 749 g/mol. The molecule has 0 aromatic rings. The Morgan fingerprint density at radius 2 is 0.353 bits per heavy atom. The van der Waals surface area contributed by atoms with Crippen LogP contribution in [-0.2, 0) is 0 Å². The molecule has 0 aliphatic heterocycles. The molecule has 0 heterocycles. The molecule has 72 valence electrons. The van der Waals surface area contributed by atoms with Crippen molar-refractivity contribution in [2.24, 2.45) is 0 Å². The smallest absolute Gasteiger partial charge is 0.907 e. The minimum Gasteiger partial charge on any atom is -0.907 e. The summed E-state index contributed by atoms with van der Waals surface area (Å²) in [6.07, 6.45) is 0. The molecule has 0 unspecified atom stereocenters. The molecule has 0 rings (SSSR count). The third kappa shape index (κ3) is 203. The van der Waals surface area contributed by atoms with Gasteiger partial charge in [-0.1, -0.05) is 0 Å². The van der Waals surface area contributed by atoms with Crippen LogP contribution in [0.1, 0.15) is 0 Å². The van der Waals surface area contributed by atoms with Gasteiger partial charge in [-0.15, -0.1) is 0 Å². The Kier molecular flexibility index (Phi) is 127. The van der Waals surface area contributed by atoms with Crippen molar-refractivity contribution in [1.82, 2.24) is 0 Å². The molecule has 0 fully saturated rings. The van der Waals surface area contributed by atoms with E-state index in [0.29, 0.717) is 0 Å². The van der Waals surface area contributed by atoms with Gasteiger partial charge in [0.15, 0.2) is 0 Å². The van der Waals surface area contributed by atoms with Gasteiger partial charge in [0.2, 0.25) is 0 Å². The van der Waals surface area contributed by atoms with Gasteiger partial charge in [-0.25, -0.2) is 0 Å². The van der Waals surface area contributed by atoms with E-state index in [4.69, 9.17) is 45.2 Å². The topological polar surface area (TPSA) is 208 Å². The standard InChI is InChI=1S/3BO3.4Ba.Na/c3*2-1(3)4;;;;;/q3*-3;4*+2;+1. The Balaban J connectivity index is -0.0000000104. The van der Waals surface area contributed by atoms with Gasteiger partial charge in [0.25, 0.3) is 0 Å². The SMILES string of the molecule is [Ba+2].[Ba+2].[Ba+2].[Ba+2].[Na+].[O-]B([O-])[O-].[O-]B([O-])[O-].[O-]B([O-])[O-]. The van der Waals surface area contributed by atoms with Crippen molar-refractivity contribution >= 4 is 217 Å². The summed E-state index contributed by atoms with van der Waals surface area (Å²) in [7, 11) is -8.75. The zero-order valence-corrected chi connectivity index (χ0v) is 29.0. The Labute approximate surface area is 283 Å². The largest absolute Gasteiger partial charge is 2.00 e. The molecule has 0 bridgehead atoms. The zero-order valence-electron chi connectivity index (χ0n) is 9.23.